The van der Waals surface area contributed by atoms with Gasteiger partial charge >= 0.3 is 0 Å². The summed E-state index contributed by atoms with van der Waals surface area (Å²) in [5.74, 6) is 0.882. The summed E-state index contributed by atoms with van der Waals surface area (Å²) in [5, 5.41) is 1.06. The van der Waals surface area contributed by atoms with E-state index in [0.29, 0.717) is 5.69 Å². The Balaban J connectivity index is 1.77. The average molecular weight is 381 g/mol. The topological polar surface area (TPSA) is 45.3 Å². The Morgan fingerprint density at radius 3 is 2.52 bits per heavy atom. The van der Waals surface area contributed by atoms with Gasteiger partial charge in [0, 0.05) is 29.4 Å². The monoisotopic (exact) mass is 380 g/mol. The lowest BCUT2D eigenvalue weighted by Crippen LogP contribution is -2.36. The maximum atomic E-state index is 13.2. The molecule has 0 bridgehead atoms. The second kappa shape index (κ2) is 7.69. The molecule has 0 unspecified atom stereocenters. The molecule has 1 fully saturated rings. The zero-order valence-electron chi connectivity index (χ0n) is 15.7. The molecule has 1 amide bonds. The van der Waals surface area contributed by atoms with Crippen molar-refractivity contribution in [3.63, 3.8) is 0 Å². The van der Waals surface area contributed by atoms with E-state index in [2.05, 4.69) is 36.2 Å². The second-order valence-electron chi connectivity index (χ2n) is 7.01. The molecule has 5 heteroatoms. The Kier molecular flexibility index (Phi) is 5.12. The molecule has 0 spiro atoms. The van der Waals surface area contributed by atoms with E-state index in [0.717, 1.165) is 52.4 Å². The number of likely N-dealkylation sites (tertiary alicyclic amines) is 1. The lowest BCUT2D eigenvalue weighted by atomic mass is 10.1. The summed E-state index contributed by atoms with van der Waals surface area (Å²) in [5.41, 5.74) is 2.85. The van der Waals surface area contributed by atoms with Gasteiger partial charge in [-0.1, -0.05) is 29.5 Å². The van der Waals surface area contributed by atoms with Crippen LogP contribution < -0.4 is 4.74 Å². The van der Waals surface area contributed by atoms with Crippen molar-refractivity contribution in [2.75, 3.05) is 20.2 Å². The number of aromatic amines is 1. The first-order valence-electron chi connectivity index (χ1n) is 9.39. The first-order valence-corrected chi connectivity index (χ1v) is 10.2. The van der Waals surface area contributed by atoms with Gasteiger partial charge in [0.25, 0.3) is 5.91 Å². The van der Waals surface area contributed by atoms with Crippen LogP contribution in [0.4, 0.5) is 0 Å². The molecule has 1 N–H and O–H groups in total. The first kappa shape index (κ1) is 18.0. The van der Waals surface area contributed by atoms with Crippen molar-refractivity contribution in [1.82, 2.24) is 9.88 Å². The second-order valence-corrected chi connectivity index (χ2v) is 8.09. The van der Waals surface area contributed by atoms with Crippen LogP contribution in [-0.4, -0.2) is 36.0 Å². The van der Waals surface area contributed by atoms with Crippen LogP contribution >= 0.6 is 11.8 Å². The zero-order chi connectivity index (χ0) is 18.8. The number of nitrogens with zero attached hydrogens (tertiary/aromatic N) is 1. The molecular formula is C22H24N2O2S. The molecule has 0 saturated carbocycles. The molecule has 4 nitrogen and oxygen atoms in total. The van der Waals surface area contributed by atoms with Crippen molar-refractivity contribution < 1.29 is 9.53 Å². The molecule has 4 rings (SSSR count). The van der Waals surface area contributed by atoms with Crippen LogP contribution in [-0.2, 0) is 0 Å². The van der Waals surface area contributed by atoms with Crippen molar-refractivity contribution in [1.29, 1.82) is 0 Å². The van der Waals surface area contributed by atoms with Gasteiger partial charge < -0.3 is 14.6 Å². The lowest BCUT2D eigenvalue weighted by Gasteiger charge is -2.26. The number of ether oxygens (including phenoxy) is 1. The van der Waals surface area contributed by atoms with Crippen molar-refractivity contribution in [3.05, 3.63) is 53.7 Å². The fraction of sp³-hybridized carbons (Fsp3) is 0.318. The average Bonchev–Trinajstić information content (AvgIpc) is 3.07. The number of aryl methyl sites for hydroxylation is 1. The third kappa shape index (κ3) is 3.69. The van der Waals surface area contributed by atoms with Crippen LogP contribution in [0.1, 0.15) is 35.3 Å². The van der Waals surface area contributed by atoms with E-state index in [1.807, 2.05) is 23.1 Å². The number of H-pyrrole nitrogens is 1. The molecule has 0 radical (unpaired) electrons. The molecule has 0 atom stereocenters. The van der Waals surface area contributed by atoms with Gasteiger partial charge in [-0.3, -0.25) is 4.79 Å². The van der Waals surface area contributed by atoms with E-state index in [1.165, 1.54) is 12.0 Å². The van der Waals surface area contributed by atoms with Gasteiger partial charge in [-0.15, -0.1) is 0 Å². The molecule has 140 valence electrons. The van der Waals surface area contributed by atoms with Crippen LogP contribution in [0.15, 0.2) is 52.3 Å². The minimum absolute atomic E-state index is 0.0967. The number of nitrogens with one attached hydrogen (secondary N) is 1. The predicted molar refractivity (Wildman–Crippen MR) is 110 cm³/mol. The molecule has 1 aliphatic heterocycles. The Morgan fingerprint density at radius 2 is 1.81 bits per heavy atom. The third-order valence-corrected chi connectivity index (χ3v) is 6.19. The van der Waals surface area contributed by atoms with E-state index in [4.69, 9.17) is 4.74 Å². The standard InChI is InChI=1S/C22H24N2O2S/c1-15-6-9-17(10-7-15)27-21-18-11-8-16(26-2)14-19(18)23-20(21)22(25)24-12-4-3-5-13-24/h6-11,14,23H,3-5,12-13H2,1-2H3. The summed E-state index contributed by atoms with van der Waals surface area (Å²) in [4.78, 5) is 20.7. The van der Waals surface area contributed by atoms with Gasteiger partial charge in [-0.2, -0.15) is 0 Å². The van der Waals surface area contributed by atoms with E-state index < -0.39 is 0 Å². The number of carbonyl (C=O) groups is 1. The summed E-state index contributed by atoms with van der Waals surface area (Å²) < 4.78 is 5.36. The van der Waals surface area contributed by atoms with Crippen LogP contribution in [0.2, 0.25) is 0 Å². The number of hydrogen-bond acceptors (Lipinski definition) is 3. The van der Waals surface area contributed by atoms with E-state index in [1.54, 1.807) is 18.9 Å². The van der Waals surface area contributed by atoms with Gasteiger partial charge in [0.15, 0.2) is 0 Å². The van der Waals surface area contributed by atoms with Crippen molar-refractivity contribution in [2.24, 2.45) is 0 Å². The number of piperidine rings is 1. The van der Waals surface area contributed by atoms with Gasteiger partial charge in [-0.05, 0) is 50.5 Å². The summed E-state index contributed by atoms with van der Waals surface area (Å²) >= 11 is 1.65. The number of methoxy groups -OCH3 is 1. The minimum atomic E-state index is 0.0967. The summed E-state index contributed by atoms with van der Waals surface area (Å²) in [6, 6.07) is 14.4. The molecule has 1 saturated heterocycles. The third-order valence-electron chi connectivity index (χ3n) is 5.06. The fourth-order valence-corrected chi connectivity index (χ4v) is 4.55. The van der Waals surface area contributed by atoms with Crippen LogP contribution in [0.5, 0.6) is 5.75 Å². The quantitative estimate of drug-likeness (QED) is 0.671. The predicted octanol–water partition coefficient (Wildman–Crippen LogP) is 5.26. The highest BCUT2D eigenvalue weighted by Crippen LogP contribution is 2.38. The Morgan fingerprint density at radius 1 is 1.07 bits per heavy atom. The number of fused-ring (bicyclic) bond motifs is 1. The zero-order valence-corrected chi connectivity index (χ0v) is 16.6. The van der Waals surface area contributed by atoms with E-state index in [9.17, 15) is 4.79 Å². The number of rotatable bonds is 4. The number of benzene rings is 2. The first-order chi connectivity index (χ1) is 13.2. The Hall–Kier alpha value is -2.40. The Labute approximate surface area is 163 Å². The van der Waals surface area contributed by atoms with Gasteiger partial charge in [-0.25, -0.2) is 0 Å². The van der Waals surface area contributed by atoms with Crippen molar-refractivity contribution >= 4 is 28.6 Å². The van der Waals surface area contributed by atoms with Gasteiger partial charge in [0.2, 0.25) is 0 Å². The normalized spacial score (nSPS) is 14.5. The van der Waals surface area contributed by atoms with Gasteiger partial charge in [0.1, 0.15) is 11.4 Å². The largest absolute Gasteiger partial charge is 0.497 e. The Bertz CT molecular complexity index is 956. The molecule has 2 heterocycles. The molecule has 3 aromatic rings. The van der Waals surface area contributed by atoms with Crippen LogP contribution in [0.25, 0.3) is 10.9 Å². The molecule has 2 aromatic carbocycles. The number of hydrogen-bond donors (Lipinski definition) is 1. The number of amides is 1. The highest BCUT2D eigenvalue weighted by molar-refractivity contribution is 7.99. The van der Waals surface area contributed by atoms with E-state index in [-0.39, 0.29) is 5.91 Å². The maximum absolute atomic E-state index is 13.2. The molecule has 1 aliphatic rings. The molecule has 0 aliphatic carbocycles. The SMILES string of the molecule is COc1ccc2c(Sc3ccc(C)cc3)c(C(=O)N3CCCCC3)[nH]c2c1. The minimum Gasteiger partial charge on any atom is -0.497 e. The molecular weight excluding hydrogens is 356 g/mol. The number of carbonyl (C=O) groups excluding carboxylic acids is 1. The highest BCUT2D eigenvalue weighted by Gasteiger charge is 2.25. The number of aromatic nitrogens is 1. The summed E-state index contributed by atoms with van der Waals surface area (Å²) in [6.07, 6.45) is 3.37. The van der Waals surface area contributed by atoms with Crippen LogP contribution in [0.3, 0.4) is 0 Å². The highest BCUT2D eigenvalue weighted by atomic mass is 32.2. The maximum Gasteiger partial charge on any atom is 0.271 e. The molecule has 27 heavy (non-hydrogen) atoms. The lowest BCUT2D eigenvalue weighted by molar-refractivity contribution is 0.0716. The molecule has 1 aromatic heterocycles. The van der Waals surface area contributed by atoms with Crippen LogP contribution in [0, 0.1) is 6.92 Å². The fourth-order valence-electron chi connectivity index (χ4n) is 3.51. The van der Waals surface area contributed by atoms with Crippen molar-refractivity contribution in [3.8, 4) is 5.75 Å². The summed E-state index contributed by atoms with van der Waals surface area (Å²) in [6.45, 7) is 3.76. The van der Waals surface area contributed by atoms with E-state index >= 15 is 0 Å². The smallest absolute Gasteiger partial charge is 0.271 e. The van der Waals surface area contributed by atoms with Crippen molar-refractivity contribution in [2.45, 2.75) is 36.0 Å². The summed E-state index contributed by atoms with van der Waals surface area (Å²) in [7, 11) is 1.66. The van der Waals surface area contributed by atoms with Gasteiger partial charge in [0.05, 0.1) is 17.5 Å².